The summed E-state index contributed by atoms with van der Waals surface area (Å²) in [6.07, 6.45) is 8.90. The standard InChI is InChI=1S/C25H29FN2O/c1-2-19-16-18(9-14-23(19)26)17-27-22-12-10-21(11-13-22)25(29)28-15-5-7-20-6-3-4-8-24(20)28/h2,9-14,16,20,24,27H,1,3-8,15,17H2/t20-,24+/m1/s1. The quantitative estimate of drug-likeness (QED) is 0.689. The van der Waals surface area contributed by atoms with E-state index < -0.39 is 0 Å². The second-order valence-corrected chi connectivity index (χ2v) is 8.24. The molecule has 3 nitrogen and oxygen atoms in total. The Hall–Kier alpha value is -2.62. The number of nitrogens with zero attached hydrogens (tertiary/aromatic N) is 1. The number of nitrogens with one attached hydrogen (secondary N) is 1. The number of rotatable bonds is 5. The van der Waals surface area contributed by atoms with Crippen molar-refractivity contribution in [2.45, 2.75) is 51.1 Å². The molecule has 0 spiro atoms. The Bertz CT molecular complexity index is 875. The van der Waals surface area contributed by atoms with Crippen LogP contribution in [0.5, 0.6) is 0 Å². The minimum atomic E-state index is -0.260. The molecule has 4 heteroatoms. The number of halogens is 1. The van der Waals surface area contributed by atoms with Crippen molar-refractivity contribution in [2.75, 3.05) is 11.9 Å². The van der Waals surface area contributed by atoms with E-state index in [-0.39, 0.29) is 11.7 Å². The van der Waals surface area contributed by atoms with Crippen molar-refractivity contribution in [1.82, 2.24) is 4.90 Å². The fourth-order valence-electron chi connectivity index (χ4n) is 4.84. The molecule has 1 saturated heterocycles. The van der Waals surface area contributed by atoms with Crippen molar-refractivity contribution >= 4 is 17.7 Å². The average Bonchev–Trinajstić information content (AvgIpc) is 2.78. The van der Waals surface area contributed by atoms with E-state index in [4.69, 9.17) is 0 Å². The molecule has 2 aromatic rings. The molecule has 0 radical (unpaired) electrons. The Kier molecular flexibility index (Phi) is 5.98. The Balaban J connectivity index is 1.39. The number of hydrogen-bond acceptors (Lipinski definition) is 2. The zero-order valence-corrected chi connectivity index (χ0v) is 16.9. The highest BCUT2D eigenvalue weighted by Crippen LogP contribution is 2.36. The maximum Gasteiger partial charge on any atom is 0.254 e. The maximum atomic E-state index is 13.6. The SMILES string of the molecule is C=Cc1cc(CNc2ccc(C(=O)N3CCC[C@H]4CCCC[C@@H]43)cc2)ccc1F. The second kappa shape index (κ2) is 8.81. The summed E-state index contributed by atoms with van der Waals surface area (Å²) in [4.78, 5) is 15.2. The molecule has 1 aliphatic heterocycles. The van der Waals surface area contributed by atoms with Crippen molar-refractivity contribution in [2.24, 2.45) is 5.92 Å². The molecular weight excluding hydrogens is 363 g/mol. The lowest BCUT2D eigenvalue weighted by Gasteiger charge is -2.44. The Morgan fingerprint density at radius 2 is 1.86 bits per heavy atom. The van der Waals surface area contributed by atoms with Gasteiger partial charge in [-0.25, -0.2) is 4.39 Å². The first-order chi connectivity index (χ1) is 14.2. The number of fused-ring (bicyclic) bond motifs is 1. The van der Waals surface area contributed by atoms with Gasteiger partial charge in [0.2, 0.25) is 0 Å². The summed E-state index contributed by atoms with van der Waals surface area (Å²) in [5.74, 6) is 0.602. The molecule has 2 atom stereocenters. The predicted octanol–water partition coefficient (Wildman–Crippen LogP) is 5.88. The highest BCUT2D eigenvalue weighted by atomic mass is 19.1. The number of hydrogen-bond donors (Lipinski definition) is 1. The van der Waals surface area contributed by atoms with Gasteiger partial charge in [-0.05, 0) is 73.6 Å². The van der Waals surface area contributed by atoms with Crippen LogP contribution >= 0.6 is 0 Å². The minimum absolute atomic E-state index is 0.169. The molecule has 152 valence electrons. The number of anilines is 1. The fourth-order valence-corrected chi connectivity index (χ4v) is 4.84. The summed E-state index contributed by atoms with van der Waals surface area (Å²) in [5, 5.41) is 3.34. The summed E-state index contributed by atoms with van der Waals surface area (Å²) in [6, 6.07) is 13.2. The van der Waals surface area contributed by atoms with E-state index in [1.807, 2.05) is 24.3 Å². The van der Waals surface area contributed by atoms with Crippen molar-refractivity contribution < 1.29 is 9.18 Å². The van der Waals surface area contributed by atoms with Gasteiger partial charge in [-0.3, -0.25) is 4.79 Å². The lowest BCUT2D eigenvalue weighted by atomic mass is 9.78. The first kappa shape index (κ1) is 19.7. The van der Waals surface area contributed by atoms with Gasteiger partial charge in [-0.15, -0.1) is 0 Å². The molecule has 1 amide bonds. The number of carbonyl (C=O) groups excluding carboxylic acids is 1. The van der Waals surface area contributed by atoms with Crippen LogP contribution in [-0.2, 0) is 6.54 Å². The first-order valence-corrected chi connectivity index (χ1v) is 10.7. The van der Waals surface area contributed by atoms with E-state index in [0.717, 1.165) is 36.2 Å². The van der Waals surface area contributed by atoms with Crippen LogP contribution in [0.3, 0.4) is 0 Å². The summed E-state index contributed by atoms with van der Waals surface area (Å²) in [5.41, 5.74) is 3.20. The van der Waals surface area contributed by atoms with Crippen LogP contribution in [0.4, 0.5) is 10.1 Å². The molecule has 0 aromatic heterocycles. The third-order valence-electron chi connectivity index (χ3n) is 6.41. The van der Waals surface area contributed by atoms with Gasteiger partial charge >= 0.3 is 0 Å². The van der Waals surface area contributed by atoms with Crippen molar-refractivity contribution in [3.8, 4) is 0 Å². The molecule has 29 heavy (non-hydrogen) atoms. The number of amides is 1. The first-order valence-electron chi connectivity index (χ1n) is 10.7. The van der Waals surface area contributed by atoms with Crippen LogP contribution in [0, 0.1) is 11.7 Å². The molecule has 0 bridgehead atoms. The van der Waals surface area contributed by atoms with E-state index in [0.29, 0.717) is 24.1 Å². The van der Waals surface area contributed by atoms with Crippen LogP contribution in [0.2, 0.25) is 0 Å². The van der Waals surface area contributed by atoms with Gasteiger partial charge in [0.1, 0.15) is 5.82 Å². The predicted molar refractivity (Wildman–Crippen MR) is 116 cm³/mol. The van der Waals surface area contributed by atoms with Crippen LogP contribution in [0.15, 0.2) is 49.0 Å². The molecule has 1 heterocycles. The maximum absolute atomic E-state index is 13.6. The lowest BCUT2D eigenvalue weighted by molar-refractivity contribution is 0.0390. The smallest absolute Gasteiger partial charge is 0.254 e. The van der Waals surface area contributed by atoms with Gasteiger partial charge in [-0.2, -0.15) is 0 Å². The van der Waals surface area contributed by atoms with Gasteiger partial charge in [0, 0.05) is 35.9 Å². The van der Waals surface area contributed by atoms with Crippen LogP contribution in [0.1, 0.15) is 60.0 Å². The zero-order chi connectivity index (χ0) is 20.2. The molecule has 2 aliphatic rings. The Labute approximate surface area is 172 Å². The normalized spacial score (nSPS) is 21.3. The van der Waals surface area contributed by atoms with Crippen molar-refractivity contribution in [3.63, 3.8) is 0 Å². The number of likely N-dealkylation sites (tertiary alicyclic amines) is 1. The Morgan fingerprint density at radius 3 is 2.66 bits per heavy atom. The van der Waals surface area contributed by atoms with E-state index in [1.54, 1.807) is 12.1 Å². The molecule has 2 fully saturated rings. The fraction of sp³-hybridized carbons (Fsp3) is 0.400. The summed E-state index contributed by atoms with van der Waals surface area (Å²) in [6.45, 7) is 5.12. The van der Waals surface area contributed by atoms with E-state index in [1.165, 1.54) is 37.8 Å². The molecule has 0 unspecified atom stereocenters. The van der Waals surface area contributed by atoms with Crippen molar-refractivity contribution in [3.05, 3.63) is 71.6 Å². The summed E-state index contributed by atoms with van der Waals surface area (Å²) in [7, 11) is 0. The van der Waals surface area contributed by atoms with Crippen LogP contribution in [-0.4, -0.2) is 23.4 Å². The number of piperidine rings is 1. The monoisotopic (exact) mass is 392 g/mol. The number of benzene rings is 2. The third kappa shape index (κ3) is 4.36. The molecule has 2 aromatic carbocycles. The van der Waals surface area contributed by atoms with Gasteiger partial charge in [0.05, 0.1) is 0 Å². The van der Waals surface area contributed by atoms with Crippen molar-refractivity contribution in [1.29, 1.82) is 0 Å². The van der Waals surface area contributed by atoms with E-state index in [2.05, 4.69) is 16.8 Å². The highest BCUT2D eigenvalue weighted by molar-refractivity contribution is 5.94. The lowest BCUT2D eigenvalue weighted by Crippen LogP contribution is -2.49. The molecule has 1 aliphatic carbocycles. The number of carbonyl (C=O) groups is 1. The topological polar surface area (TPSA) is 32.3 Å². The molecule has 1 saturated carbocycles. The van der Waals surface area contributed by atoms with Crippen LogP contribution < -0.4 is 5.32 Å². The zero-order valence-electron chi connectivity index (χ0n) is 16.9. The van der Waals surface area contributed by atoms with E-state index in [9.17, 15) is 9.18 Å². The molecule has 4 rings (SSSR count). The third-order valence-corrected chi connectivity index (χ3v) is 6.41. The molecular formula is C25H29FN2O. The Morgan fingerprint density at radius 1 is 1.10 bits per heavy atom. The minimum Gasteiger partial charge on any atom is -0.381 e. The molecule has 1 N–H and O–H groups in total. The van der Waals surface area contributed by atoms with Gasteiger partial charge in [-0.1, -0.05) is 31.6 Å². The highest BCUT2D eigenvalue weighted by Gasteiger charge is 2.35. The van der Waals surface area contributed by atoms with Gasteiger partial charge in [0.15, 0.2) is 0 Å². The van der Waals surface area contributed by atoms with Gasteiger partial charge < -0.3 is 10.2 Å². The summed E-state index contributed by atoms with van der Waals surface area (Å²) < 4.78 is 13.6. The second-order valence-electron chi connectivity index (χ2n) is 8.24. The van der Waals surface area contributed by atoms with E-state index >= 15 is 0 Å². The summed E-state index contributed by atoms with van der Waals surface area (Å²) >= 11 is 0. The van der Waals surface area contributed by atoms with Crippen LogP contribution in [0.25, 0.3) is 6.08 Å². The largest absolute Gasteiger partial charge is 0.381 e. The average molecular weight is 393 g/mol. The van der Waals surface area contributed by atoms with Gasteiger partial charge in [0.25, 0.3) is 5.91 Å².